The molecule has 42 heavy (non-hydrogen) atoms. The zero-order chi connectivity index (χ0) is 27.9. The van der Waals surface area contributed by atoms with Gasteiger partial charge in [-0.2, -0.15) is 0 Å². The van der Waals surface area contributed by atoms with E-state index in [2.05, 4.69) is 169 Å². The number of benzene rings is 7. The Morgan fingerprint density at radius 3 is 1.74 bits per heavy atom. The molecule has 2 heteroatoms. The lowest BCUT2D eigenvalue weighted by Gasteiger charge is -2.26. The predicted octanol–water partition coefficient (Wildman–Crippen LogP) is 12.0. The maximum absolute atomic E-state index is 2.37. The van der Waals surface area contributed by atoms with E-state index in [0.29, 0.717) is 0 Å². The molecule has 0 fully saturated rings. The standard InChI is InChI=1S/C40H27NS/c1-2-16-31(17-3-1)41(32-18-8-14-29(26-32)35-22-10-13-28-12-4-5-20-34(28)35)33-19-9-15-30(27-33)36-23-11-25-39-40(36)37-21-6-7-24-38(37)42-39/h1-27H. The molecule has 8 rings (SSSR count). The molecule has 1 heterocycles. The Bertz CT molecular complexity index is 2200. The largest absolute Gasteiger partial charge is 0.310 e. The Kier molecular flexibility index (Phi) is 6.05. The van der Waals surface area contributed by atoms with E-state index < -0.39 is 0 Å². The van der Waals surface area contributed by atoms with E-state index in [4.69, 9.17) is 0 Å². The van der Waals surface area contributed by atoms with Gasteiger partial charge in [0.2, 0.25) is 0 Å². The zero-order valence-electron chi connectivity index (χ0n) is 22.9. The Hall–Kier alpha value is -5.18. The minimum atomic E-state index is 1.13. The molecule has 0 saturated heterocycles. The number of thiophene rings is 1. The van der Waals surface area contributed by atoms with Gasteiger partial charge in [-0.3, -0.25) is 0 Å². The van der Waals surface area contributed by atoms with Crippen molar-refractivity contribution in [2.75, 3.05) is 4.90 Å². The van der Waals surface area contributed by atoms with Crippen LogP contribution in [0.5, 0.6) is 0 Å². The van der Waals surface area contributed by atoms with Gasteiger partial charge in [0.15, 0.2) is 0 Å². The molecular weight excluding hydrogens is 527 g/mol. The molecule has 1 nitrogen and oxygen atoms in total. The Morgan fingerprint density at radius 1 is 0.381 bits per heavy atom. The van der Waals surface area contributed by atoms with Crippen molar-refractivity contribution in [2.45, 2.75) is 0 Å². The predicted molar refractivity (Wildman–Crippen MR) is 182 cm³/mol. The van der Waals surface area contributed by atoms with E-state index in [1.54, 1.807) is 0 Å². The molecule has 0 aliphatic heterocycles. The summed E-state index contributed by atoms with van der Waals surface area (Å²) in [5, 5.41) is 5.17. The number of hydrogen-bond donors (Lipinski definition) is 0. The first-order valence-corrected chi connectivity index (χ1v) is 15.1. The Labute approximate surface area is 249 Å². The summed E-state index contributed by atoms with van der Waals surface area (Å²) in [7, 11) is 0. The van der Waals surface area contributed by atoms with Gasteiger partial charge in [-0.1, -0.05) is 115 Å². The van der Waals surface area contributed by atoms with Gasteiger partial charge in [0, 0.05) is 37.2 Å². The topological polar surface area (TPSA) is 3.24 Å². The van der Waals surface area contributed by atoms with E-state index >= 15 is 0 Å². The van der Waals surface area contributed by atoms with Crippen molar-refractivity contribution in [1.82, 2.24) is 0 Å². The third-order valence-electron chi connectivity index (χ3n) is 8.04. The van der Waals surface area contributed by atoms with Crippen molar-refractivity contribution in [3.8, 4) is 22.3 Å². The van der Waals surface area contributed by atoms with Gasteiger partial charge in [-0.05, 0) is 81.6 Å². The molecule has 8 aromatic rings. The average molecular weight is 554 g/mol. The molecule has 0 atom stereocenters. The van der Waals surface area contributed by atoms with Crippen LogP contribution in [0.3, 0.4) is 0 Å². The second-order valence-electron chi connectivity index (χ2n) is 10.6. The van der Waals surface area contributed by atoms with Crippen LogP contribution in [0, 0.1) is 0 Å². The average Bonchev–Trinajstić information content (AvgIpc) is 3.44. The smallest absolute Gasteiger partial charge is 0.0467 e. The number of rotatable bonds is 5. The molecule has 0 unspecified atom stereocenters. The van der Waals surface area contributed by atoms with E-state index in [0.717, 1.165) is 17.1 Å². The molecule has 7 aromatic carbocycles. The summed E-state index contributed by atoms with van der Waals surface area (Å²) in [5.41, 5.74) is 8.32. The van der Waals surface area contributed by atoms with Crippen molar-refractivity contribution in [1.29, 1.82) is 0 Å². The van der Waals surface area contributed by atoms with Crippen LogP contribution in [-0.2, 0) is 0 Å². The fourth-order valence-corrected chi connectivity index (χ4v) is 7.27. The number of anilines is 3. The highest BCUT2D eigenvalue weighted by molar-refractivity contribution is 7.25. The van der Waals surface area contributed by atoms with Gasteiger partial charge in [0.05, 0.1) is 0 Å². The highest BCUT2D eigenvalue weighted by Crippen LogP contribution is 2.43. The number of para-hydroxylation sites is 1. The van der Waals surface area contributed by atoms with E-state index in [1.165, 1.54) is 53.2 Å². The van der Waals surface area contributed by atoms with Gasteiger partial charge in [-0.15, -0.1) is 11.3 Å². The summed E-state index contributed by atoms with van der Waals surface area (Å²) in [4.78, 5) is 2.37. The minimum Gasteiger partial charge on any atom is -0.310 e. The summed E-state index contributed by atoms with van der Waals surface area (Å²) in [6.45, 7) is 0. The molecule has 0 spiro atoms. The number of fused-ring (bicyclic) bond motifs is 4. The lowest BCUT2D eigenvalue weighted by atomic mass is 9.97. The van der Waals surface area contributed by atoms with Gasteiger partial charge in [-0.25, -0.2) is 0 Å². The van der Waals surface area contributed by atoms with Crippen molar-refractivity contribution < 1.29 is 0 Å². The van der Waals surface area contributed by atoms with Crippen LogP contribution in [-0.4, -0.2) is 0 Å². The molecule has 0 aliphatic rings. The fraction of sp³-hybridized carbons (Fsp3) is 0. The van der Waals surface area contributed by atoms with Crippen LogP contribution in [0.4, 0.5) is 17.1 Å². The van der Waals surface area contributed by atoms with Crippen LogP contribution < -0.4 is 4.90 Å². The molecular formula is C40H27NS. The lowest BCUT2D eigenvalue weighted by Crippen LogP contribution is -2.10. The SMILES string of the molecule is c1ccc(N(c2cccc(-c3cccc4ccccc34)c2)c2cccc(-c3cccc4sc5ccccc5c34)c2)cc1. The maximum atomic E-state index is 2.37. The van der Waals surface area contributed by atoms with Gasteiger partial charge in [0.25, 0.3) is 0 Å². The van der Waals surface area contributed by atoms with Gasteiger partial charge in [0.1, 0.15) is 0 Å². The molecule has 0 saturated carbocycles. The summed E-state index contributed by atoms with van der Waals surface area (Å²) in [5.74, 6) is 0. The lowest BCUT2D eigenvalue weighted by molar-refractivity contribution is 1.28. The van der Waals surface area contributed by atoms with Crippen molar-refractivity contribution in [3.05, 3.63) is 164 Å². The molecule has 0 aliphatic carbocycles. The van der Waals surface area contributed by atoms with Crippen LogP contribution in [0.15, 0.2) is 164 Å². The number of hydrogen-bond acceptors (Lipinski definition) is 2. The zero-order valence-corrected chi connectivity index (χ0v) is 23.8. The first kappa shape index (κ1) is 24.6. The van der Waals surface area contributed by atoms with E-state index in [9.17, 15) is 0 Å². The molecule has 0 amide bonds. The quantitative estimate of drug-likeness (QED) is 0.205. The highest BCUT2D eigenvalue weighted by atomic mass is 32.1. The first-order chi connectivity index (χ1) is 20.8. The summed E-state index contributed by atoms with van der Waals surface area (Å²) in [6, 6.07) is 59.1. The third kappa shape index (κ3) is 4.25. The highest BCUT2D eigenvalue weighted by Gasteiger charge is 2.16. The number of nitrogens with zero attached hydrogens (tertiary/aromatic N) is 1. The van der Waals surface area contributed by atoms with Crippen molar-refractivity contribution in [3.63, 3.8) is 0 Å². The molecule has 0 bridgehead atoms. The molecule has 0 radical (unpaired) electrons. The normalized spacial score (nSPS) is 11.3. The van der Waals surface area contributed by atoms with Crippen LogP contribution in [0.1, 0.15) is 0 Å². The van der Waals surface area contributed by atoms with E-state index in [1.807, 2.05) is 11.3 Å². The second-order valence-corrected chi connectivity index (χ2v) is 11.7. The van der Waals surface area contributed by atoms with Crippen molar-refractivity contribution in [2.24, 2.45) is 0 Å². The van der Waals surface area contributed by atoms with Crippen LogP contribution in [0.2, 0.25) is 0 Å². The minimum absolute atomic E-state index is 1.13. The summed E-state index contributed by atoms with van der Waals surface area (Å²) >= 11 is 1.86. The summed E-state index contributed by atoms with van der Waals surface area (Å²) in [6.07, 6.45) is 0. The monoisotopic (exact) mass is 553 g/mol. The molecule has 0 N–H and O–H groups in total. The second kappa shape index (κ2) is 10.3. The Balaban J connectivity index is 1.30. The van der Waals surface area contributed by atoms with E-state index in [-0.39, 0.29) is 0 Å². The maximum Gasteiger partial charge on any atom is 0.0467 e. The van der Waals surface area contributed by atoms with Crippen LogP contribution >= 0.6 is 11.3 Å². The fourth-order valence-electron chi connectivity index (χ4n) is 6.14. The van der Waals surface area contributed by atoms with Gasteiger partial charge < -0.3 is 4.90 Å². The third-order valence-corrected chi connectivity index (χ3v) is 9.17. The first-order valence-electron chi connectivity index (χ1n) is 14.3. The molecule has 1 aromatic heterocycles. The van der Waals surface area contributed by atoms with Crippen molar-refractivity contribution >= 4 is 59.3 Å². The Morgan fingerprint density at radius 2 is 0.929 bits per heavy atom. The van der Waals surface area contributed by atoms with Gasteiger partial charge >= 0.3 is 0 Å². The molecule has 198 valence electrons. The van der Waals surface area contributed by atoms with Crippen LogP contribution in [0.25, 0.3) is 53.2 Å². The summed E-state index contributed by atoms with van der Waals surface area (Å²) < 4.78 is 2.65.